The number of halogens is 1. The highest BCUT2D eigenvalue weighted by Gasteiger charge is 2.08. The van der Waals surface area contributed by atoms with Gasteiger partial charge in [0.25, 0.3) is 0 Å². The Hall–Kier alpha value is -1.68. The molecule has 1 N–H and O–H groups in total. The van der Waals surface area contributed by atoms with Gasteiger partial charge < -0.3 is 9.73 Å². The number of oxazole rings is 1. The van der Waals surface area contributed by atoms with Crippen LogP contribution in [-0.4, -0.2) is 11.5 Å². The molecule has 0 radical (unpaired) electrons. The number of aryl methyl sites for hydroxylation is 1. The molecule has 0 amide bonds. The van der Waals surface area contributed by atoms with E-state index in [0.717, 1.165) is 18.7 Å². The van der Waals surface area contributed by atoms with Crippen molar-refractivity contribution in [2.24, 2.45) is 0 Å². The van der Waals surface area contributed by atoms with Crippen LogP contribution in [0.3, 0.4) is 0 Å². The Morgan fingerprint density at radius 3 is 2.94 bits per heavy atom. The molecule has 96 valence electrons. The maximum Gasteiger partial charge on any atom is 0.226 e. The van der Waals surface area contributed by atoms with Gasteiger partial charge in [0.05, 0.1) is 5.69 Å². The zero-order valence-electron chi connectivity index (χ0n) is 10.7. The van der Waals surface area contributed by atoms with Crippen molar-refractivity contribution in [1.82, 2.24) is 10.3 Å². The van der Waals surface area contributed by atoms with E-state index in [-0.39, 0.29) is 5.82 Å². The Kier molecular flexibility index (Phi) is 4.10. The summed E-state index contributed by atoms with van der Waals surface area (Å²) in [7, 11) is 0. The largest absolute Gasteiger partial charge is 0.444 e. The molecule has 0 saturated carbocycles. The predicted molar refractivity (Wildman–Crippen MR) is 68.6 cm³/mol. The van der Waals surface area contributed by atoms with Gasteiger partial charge in [-0.2, -0.15) is 0 Å². The molecule has 0 bridgehead atoms. The Labute approximate surface area is 106 Å². The van der Waals surface area contributed by atoms with Crippen molar-refractivity contribution < 1.29 is 8.81 Å². The molecule has 0 spiro atoms. The fraction of sp³-hybridized carbons (Fsp3) is 0.357. The highest BCUT2D eigenvalue weighted by Crippen LogP contribution is 2.21. The van der Waals surface area contributed by atoms with Crippen LogP contribution in [0.25, 0.3) is 11.5 Å². The molecular formula is C14H17FN2O. The van der Waals surface area contributed by atoms with Gasteiger partial charge in [0.15, 0.2) is 0 Å². The molecular weight excluding hydrogens is 231 g/mol. The van der Waals surface area contributed by atoms with E-state index in [2.05, 4.69) is 17.2 Å². The van der Waals surface area contributed by atoms with Crippen LogP contribution in [0.4, 0.5) is 4.39 Å². The third-order valence-corrected chi connectivity index (χ3v) is 2.70. The molecule has 0 aliphatic rings. The average Bonchev–Trinajstić information content (AvgIpc) is 2.82. The molecule has 1 aromatic heterocycles. The summed E-state index contributed by atoms with van der Waals surface area (Å²) in [6, 6.07) is 4.99. The zero-order chi connectivity index (χ0) is 13.0. The van der Waals surface area contributed by atoms with E-state index >= 15 is 0 Å². The first kappa shape index (κ1) is 12.8. The molecule has 18 heavy (non-hydrogen) atoms. The standard InChI is InChI=1S/C14H17FN2O/c1-3-6-16-8-12-9-18-14(17-12)11-5-4-10(2)13(15)7-11/h4-5,7,9,16H,3,6,8H2,1-2H3. The molecule has 0 atom stereocenters. The van der Waals surface area contributed by atoms with Crippen molar-refractivity contribution >= 4 is 0 Å². The quantitative estimate of drug-likeness (QED) is 0.825. The minimum absolute atomic E-state index is 0.239. The van der Waals surface area contributed by atoms with Gasteiger partial charge in [-0.05, 0) is 37.6 Å². The lowest BCUT2D eigenvalue weighted by Gasteiger charge is -1.99. The van der Waals surface area contributed by atoms with E-state index in [1.807, 2.05) is 6.07 Å². The van der Waals surface area contributed by atoms with Crippen LogP contribution in [-0.2, 0) is 6.54 Å². The first-order valence-electron chi connectivity index (χ1n) is 6.12. The molecule has 1 aromatic carbocycles. The van der Waals surface area contributed by atoms with Gasteiger partial charge in [-0.1, -0.05) is 13.0 Å². The fourth-order valence-corrected chi connectivity index (χ4v) is 1.64. The van der Waals surface area contributed by atoms with E-state index in [9.17, 15) is 4.39 Å². The summed E-state index contributed by atoms with van der Waals surface area (Å²) in [6.07, 6.45) is 2.68. The number of nitrogens with zero attached hydrogens (tertiary/aromatic N) is 1. The lowest BCUT2D eigenvalue weighted by atomic mass is 10.1. The maximum atomic E-state index is 13.4. The van der Waals surface area contributed by atoms with E-state index < -0.39 is 0 Å². The summed E-state index contributed by atoms with van der Waals surface area (Å²) < 4.78 is 18.8. The Bertz CT molecular complexity index is 522. The van der Waals surface area contributed by atoms with Crippen molar-refractivity contribution in [3.05, 3.63) is 41.5 Å². The second-order valence-electron chi connectivity index (χ2n) is 4.28. The number of hydrogen-bond acceptors (Lipinski definition) is 3. The van der Waals surface area contributed by atoms with Crippen LogP contribution in [0.5, 0.6) is 0 Å². The van der Waals surface area contributed by atoms with E-state index in [0.29, 0.717) is 23.6 Å². The van der Waals surface area contributed by atoms with Crippen LogP contribution in [0.1, 0.15) is 24.6 Å². The number of hydrogen-bond donors (Lipinski definition) is 1. The van der Waals surface area contributed by atoms with Gasteiger partial charge >= 0.3 is 0 Å². The molecule has 0 unspecified atom stereocenters. The summed E-state index contributed by atoms with van der Waals surface area (Å²) in [5.41, 5.74) is 2.12. The Morgan fingerprint density at radius 2 is 2.22 bits per heavy atom. The second kappa shape index (κ2) is 5.78. The van der Waals surface area contributed by atoms with Gasteiger partial charge in [-0.3, -0.25) is 0 Å². The van der Waals surface area contributed by atoms with Crippen LogP contribution in [0, 0.1) is 12.7 Å². The average molecular weight is 248 g/mol. The van der Waals surface area contributed by atoms with Crippen molar-refractivity contribution in [3.63, 3.8) is 0 Å². The Balaban J connectivity index is 2.11. The molecule has 1 heterocycles. The topological polar surface area (TPSA) is 38.1 Å². The lowest BCUT2D eigenvalue weighted by molar-refractivity contribution is 0.567. The summed E-state index contributed by atoms with van der Waals surface area (Å²) in [5.74, 6) is 0.221. The Morgan fingerprint density at radius 1 is 1.39 bits per heavy atom. The molecule has 4 heteroatoms. The molecule has 2 rings (SSSR count). The number of nitrogens with one attached hydrogen (secondary N) is 1. The van der Waals surface area contributed by atoms with Crippen molar-refractivity contribution in [3.8, 4) is 11.5 Å². The highest BCUT2D eigenvalue weighted by molar-refractivity contribution is 5.54. The van der Waals surface area contributed by atoms with E-state index in [1.54, 1.807) is 19.3 Å². The minimum Gasteiger partial charge on any atom is -0.444 e. The van der Waals surface area contributed by atoms with Crippen LogP contribution >= 0.6 is 0 Å². The summed E-state index contributed by atoms with van der Waals surface area (Å²) >= 11 is 0. The first-order valence-corrected chi connectivity index (χ1v) is 6.12. The van der Waals surface area contributed by atoms with Gasteiger partial charge in [-0.15, -0.1) is 0 Å². The SMILES string of the molecule is CCCNCc1coc(-c2ccc(C)c(F)c2)n1. The highest BCUT2D eigenvalue weighted by atomic mass is 19.1. The maximum absolute atomic E-state index is 13.4. The molecule has 3 nitrogen and oxygen atoms in total. The molecule has 0 aliphatic carbocycles. The number of rotatable bonds is 5. The van der Waals surface area contributed by atoms with E-state index in [4.69, 9.17) is 4.42 Å². The van der Waals surface area contributed by atoms with Gasteiger partial charge in [0, 0.05) is 12.1 Å². The van der Waals surface area contributed by atoms with Gasteiger partial charge in [0.2, 0.25) is 5.89 Å². The second-order valence-corrected chi connectivity index (χ2v) is 4.28. The molecule has 0 fully saturated rings. The minimum atomic E-state index is -0.239. The van der Waals surface area contributed by atoms with Crippen molar-refractivity contribution in [2.75, 3.05) is 6.54 Å². The first-order chi connectivity index (χ1) is 8.70. The lowest BCUT2D eigenvalue weighted by Crippen LogP contribution is -2.13. The van der Waals surface area contributed by atoms with Crippen molar-refractivity contribution in [1.29, 1.82) is 0 Å². The molecule has 0 saturated heterocycles. The number of aromatic nitrogens is 1. The summed E-state index contributed by atoms with van der Waals surface area (Å²) in [5, 5.41) is 3.24. The van der Waals surface area contributed by atoms with Crippen LogP contribution < -0.4 is 5.32 Å². The summed E-state index contributed by atoms with van der Waals surface area (Å²) in [6.45, 7) is 5.46. The monoisotopic (exact) mass is 248 g/mol. The fourth-order valence-electron chi connectivity index (χ4n) is 1.64. The zero-order valence-corrected chi connectivity index (χ0v) is 10.7. The molecule has 2 aromatic rings. The van der Waals surface area contributed by atoms with Crippen LogP contribution in [0.2, 0.25) is 0 Å². The van der Waals surface area contributed by atoms with Crippen LogP contribution in [0.15, 0.2) is 28.9 Å². The van der Waals surface area contributed by atoms with E-state index in [1.165, 1.54) is 6.07 Å². The van der Waals surface area contributed by atoms with Gasteiger partial charge in [0.1, 0.15) is 12.1 Å². The normalized spacial score (nSPS) is 10.8. The third-order valence-electron chi connectivity index (χ3n) is 2.70. The number of benzene rings is 1. The third kappa shape index (κ3) is 2.96. The predicted octanol–water partition coefficient (Wildman–Crippen LogP) is 3.29. The molecule has 0 aliphatic heterocycles. The van der Waals surface area contributed by atoms with Crippen molar-refractivity contribution in [2.45, 2.75) is 26.8 Å². The smallest absolute Gasteiger partial charge is 0.226 e. The summed E-state index contributed by atoms with van der Waals surface area (Å²) in [4.78, 5) is 4.33. The van der Waals surface area contributed by atoms with Gasteiger partial charge in [-0.25, -0.2) is 9.37 Å².